The first-order valence-corrected chi connectivity index (χ1v) is 10.7. The van der Waals surface area contributed by atoms with Crippen molar-refractivity contribution in [2.75, 3.05) is 44.3 Å². The number of allylic oxidation sites excluding steroid dienone is 1. The Hall–Kier alpha value is -2.33. The summed E-state index contributed by atoms with van der Waals surface area (Å²) in [7, 11) is 0. The summed E-state index contributed by atoms with van der Waals surface area (Å²) in [5.74, 6) is 0.335. The minimum atomic E-state index is -4.77. The van der Waals surface area contributed by atoms with Gasteiger partial charge in [0.05, 0.1) is 35.8 Å². The van der Waals surface area contributed by atoms with Gasteiger partial charge in [-0.2, -0.15) is 0 Å². The summed E-state index contributed by atoms with van der Waals surface area (Å²) in [6.07, 6.45) is -0.551. The Kier molecular flexibility index (Phi) is 6.90. The standard InChI is InChI=1S/C22H24ClF3N4O2/c23-17-3-1-2-15-4-7-20(28-21(15)17)30(9-8-29-10-12-31-13-11-29)19-6-5-16(14-18(19)27)32-22(24,25)26/h1-7,14,18-19H,8-13,27H2. The van der Waals surface area contributed by atoms with E-state index < -0.39 is 18.4 Å². The molecule has 0 amide bonds. The second kappa shape index (κ2) is 9.66. The molecule has 2 atom stereocenters. The van der Waals surface area contributed by atoms with E-state index in [9.17, 15) is 13.2 Å². The van der Waals surface area contributed by atoms with E-state index >= 15 is 0 Å². The van der Waals surface area contributed by atoms with Gasteiger partial charge in [-0.1, -0.05) is 29.8 Å². The van der Waals surface area contributed by atoms with Crippen LogP contribution in [-0.2, 0) is 9.47 Å². The molecule has 0 bridgehead atoms. The summed E-state index contributed by atoms with van der Waals surface area (Å²) in [5.41, 5.74) is 6.93. The fraction of sp³-hybridized carbons (Fsp3) is 0.409. The monoisotopic (exact) mass is 468 g/mol. The molecular formula is C22H24ClF3N4O2. The zero-order valence-corrected chi connectivity index (χ0v) is 18.0. The number of alkyl halides is 3. The predicted octanol–water partition coefficient (Wildman–Crippen LogP) is 3.71. The van der Waals surface area contributed by atoms with E-state index in [2.05, 4.69) is 9.64 Å². The summed E-state index contributed by atoms with van der Waals surface area (Å²) in [5, 5.41) is 1.43. The molecule has 1 aliphatic carbocycles. The number of nitrogens with zero attached hydrogens (tertiary/aromatic N) is 3. The highest BCUT2D eigenvalue weighted by atomic mass is 35.5. The topological polar surface area (TPSA) is 63.9 Å². The first-order valence-electron chi connectivity index (χ1n) is 10.3. The van der Waals surface area contributed by atoms with Crippen molar-refractivity contribution in [1.29, 1.82) is 0 Å². The number of anilines is 1. The van der Waals surface area contributed by atoms with Gasteiger partial charge in [0.2, 0.25) is 0 Å². The van der Waals surface area contributed by atoms with E-state index in [1.807, 2.05) is 29.2 Å². The number of halogens is 4. The van der Waals surface area contributed by atoms with Gasteiger partial charge in [0.25, 0.3) is 0 Å². The van der Waals surface area contributed by atoms with Crippen LogP contribution in [0.5, 0.6) is 0 Å². The van der Waals surface area contributed by atoms with Gasteiger partial charge in [-0.3, -0.25) is 4.90 Å². The Bertz CT molecular complexity index is 1010. The second-order valence-electron chi connectivity index (χ2n) is 7.67. The molecule has 0 radical (unpaired) electrons. The minimum Gasteiger partial charge on any atom is -0.406 e. The zero-order chi connectivity index (χ0) is 22.7. The number of nitrogens with two attached hydrogens (primary N) is 1. The van der Waals surface area contributed by atoms with Crippen LogP contribution in [0.1, 0.15) is 0 Å². The SMILES string of the molecule is NC1C=C(OC(F)(F)F)C=CC1N(CCN1CCOCC1)c1ccc2cccc(Cl)c2n1. The van der Waals surface area contributed by atoms with Crippen LogP contribution in [0.3, 0.4) is 0 Å². The highest BCUT2D eigenvalue weighted by Gasteiger charge is 2.34. The number of benzene rings is 1. The number of hydrogen-bond donors (Lipinski definition) is 1. The smallest absolute Gasteiger partial charge is 0.406 e. The van der Waals surface area contributed by atoms with Gasteiger partial charge in [-0.05, 0) is 30.4 Å². The van der Waals surface area contributed by atoms with Crippen molar-refractivity contribution in [1.82, 2.24) is 9.88 Å². The van der Waals surface area contributed by atoms with E-state index in [-0.39, 0.29) is 5.76 Å². The lowest BCUT2D eigenvalue weighted by molar-refractivity contribution is -0.303. The molecule has 2 unspecified atom stereocenters. The molecule has 2 N–H and O–H groups in total. The maximum absolute atomic E-state index is 12.6. The van der Waals surface area contributed by atoms with Crippen LogP contribution in [0.4, 0.5) is 19.0 Å². The van der Waals surface area contributed by atoms with Gasteiger partial charge < -0.3 is 20.1 Å². The molecule has 1 fully saturated rings. The third-order valence-corrected chi connectivity index (χ3v) is 5.82. The molecule has 32 heavy (non-hydrogen) atoms. The first kappa shape index (κ1) is 22.8. The molecule has 2 aromatic rings. The van der Waals surface area contributed by atoms with Crippen molar-refractivity contribution < 1.29 is 22.6 Å². The van der Waals surface area contributed by atoms with Crippen molar-refractivity contribution in [3.8, 4) is 0 Å². The van der Waals surface area contributed by atoms with E-state index in [4.69, 9.17) is 27.1 Å². The van der Waals surface area contributed by atoms with Crippen LogP contribution in [0.25, 0.3) is 10.9 Å². The molecule has 10 heteroatoms. The molecule has 1 aromatic heterocycles. The molecular weight excluding hydrogens is 445 g/mol. The molecule has 172 valence electrons. The van der Waals surface area contributed by atoms with Crippen molar-refractivity contribution >= 4 is 28.3 Å². The lowest BCUT2D eigenvalue weighted by Gasteiger charge is -2.37. The molecule has 6 nitrogen and oxygen atoms in total. The highest BCUT2D eigenvalue weighted by molar-refractivity contribution is 6.35. The molecule has 0 spiro atoms. The number of hydrogen-bond acceptors (Lipinski definition) is 6. The van der Waals surface area contributed by atoms with E-state index in [1.165, 1.54) is 12.2 Å². The average Bonchev–Trinajstić information content (AvgIpc) is 2.75. The maximum atomic E-state index is 12.6. The summed E-state index contributed by atoms with van der Waals surface area (Å²) in [6, 6.07) is 8.24. The van der Waals surface area contributed by atoms with Crippen LogP contribution in [0.2, 0.25) is 5.02 Å². The molecule has 1 aromatic carbocycles. The number of pyridine rings is 1. The van der Waals surface area contributed by atoms with Crippen molar-refractivity contribution in [3.63, 3.8) is 0 Å². The lowest BCUT2D eigenvalue weighted by Crippen LogP contribution is -2.51. The summed E-state index contributed by atoms with van der Waals surface area (Å²) < 4.78 is 47.3. The molecule has 1 saturated heterocycles. The quantitative estimate of drug-likeness (QED) is 0.697. The van der Waals surface area contributed by atoms with Crippen LogP contribution in [0, 0.1) is 0 Å². The summed E-state index contributed by atoms with van der Waals surface area (Å²) in [4.78, 5) is 9.03. The van der Waals surface area contributed by atoms with Crippen molar-refractivity contribution in [2.24, 2.45) is 5.73 Å². The zero-order valence-electron chi connectivity index (χ0n) is 17.3. The molecule has 2 aliphatic rings. The number of rotatable bonds is 6. The first-order chi connectivity index (χ1) is 15.3. The third-order valence-electron chi connectivity index (χ3n) is 5.51. The Labute approximate surface area is 189 Å². The summed E-state index contributed by atoms with van der Waals surface area (Å²) in [6.45, 7) is 4.30. The van der Waals surface area contributed by atoms with Crippen LogP contribution in [-0.4, -0.2) is 67.7 Å². The molecule has 4 rings (SSSR count). The normalized spacial score (nSPS) is 22.1. The Balaban J connectivity index is 1.61. The van der Waals surface area contributed by atoms with Gasteiger partial charge in [-0.15, -0.1) is 13.2 Å². The van der Waals surface area contributed by atoms with E-state index in [1.54, 1.807) is 12.1 Å². The molecule has 2 heterocycles. The molecule has 1 aliphatic heterocycles. The fourth-order valence-electron chi connectivity index (χ4n) is 3.93. The van der Waals surface area contributed by atoms with Crippen LogP contribution < -0.4 is 10.6 Å². The Morgan fingerprint density at radius 1 is 1.22 bits per heavy atom. The van der Waals surface area contributed by atoms with Gasteiger partial charge in [0.15, 0.2) is 0 Å². The predicted molar refractivity (Wildman–Crippen MR) is 117 cm³/mol. The van der Waals surface area contributed by atoms with E-state index in [0.717, 1.165) is 25.0 Å². The third kappa shape index (κ3) is 5.53. The van der Waals surface area contributed by atoms with Gasteiger partial charge >= 0.3 is 6.36 Å². The lowest BCUT2D eigenvalue weighted by atomic mass is 10.0. The minimum absolute atomic E-state index is 0.316. The number of fused-ring (bicyclic) bond motifs is 1. The highest BCUT2D eigenvalue weighted by Crippen LogP contribution is 2.29. The van der Waals surface area contributed by atoms with Crippen molar-refractivity contribution in [3.05, 3.63) is 59.3 Å². The Morgan fingerprint density at radius 3 is 2.72 bits per heavy atom. The summed E-state index contributed by atoms with van der Waals surface area (Å²) >= 11 is 6.35. The molecule has 0 saturated carbocycles. The maximum Gasteiger partial charge on any atom is 0.573 e. The Morgan fingerprint density at radius 2 is 2.00 bits per heavy atom. The van der Waals surface area contributed by atoms with Gasteiger partial charge in [0.1, 0.15) is 11.6 Å². The second-order valence-corrected chi connectivity index (χ2v) is 8.08. The van der Waals surface area contributed by atoms with Crippen LogP contribution in [0.15, 0.2) is 54.3 Å². The number of ether oxygens (including phenoxy) is 2. The average molecular weight is 469 g/mol. The number of morpholine rings is 1. The largest absolute Gasteiger partial charge is 0.573 e. The number of para-hydroxylation sites is 1. The fourth-order valence-corrected chi connectivity index (χ4v) is 4.15. The van der Waals surface area contributed by atoms with Crippen molar-refractivity contribution in [2.45, 2.75) is 18.4 Å². The van der Waals surface area contributed by atoms with Gasteiger partial charge in [0, 0.05) is 31.6 Å². The van der Waals surface area contributed by atoms with Crippen LogP contribution >= 0.6 is 11.6 Å². The van der Waals surface area contributed by atoms with E-state index in [0.29, 0.717) is 36.1 Å². The van der Waals surface area contributed by atoms with Gasteiger partial charge in [-0.25, -0.2) is 4.98 Å². The number of aromatic nitrogens is 1.